The lowest BCUT2D eigenvalue weighted by molar-refractivity contribution is 0.117. The first-order valence-electron chi connectivity index (χ1n) is 7.86. The zero-order valence-electron chi connectivity index (χ0n) is 14.0. The van der Waals surface area contributed by atoms with Crippen LogP contribution < -0.4 is 10.6 Å². The summed E-state index contributed by atoms with van der Waals surface area (Å²) in [5, 5.41) is 6.60. The second-order valence-corrected chi connectivity index (χ2v) is 5.39. The molecule has 1 aromatic rings. The first-order valence-corrected chi connectivity index (χ1v) is 7.86. The summed E-state index contributed by atoms with van der Waals surface area (Å²) < 4.78 is 5.53. The Morgan fingerprint density at radius 3 is 2.55 bits per heavy atom. The zero-order valence-corrected chi connectivity index (χ0v) is 16.3. The van der Waals surface area contributed by atoms with Crippen LogP contribution in [0.1, 0.15) is 26.3 Å². The summed E-state index contributed by atoms with van der Waals surface area (Å²) in [4.78, 5) is 4.51. The van der Waals surface area contributed by atoms with E-state index in [1.807, 2.05) is 6.07 Å². The zero-order chi connectivity index (χ0) is 15.3. The van der Waals surface area contributed by atoms with Crippen LogP contribution in [0, 0.1) is 5.92 Å². The van der Waals surface area contributed by atoms with Gasteiger partial charge >= 0.3 is 0 Å². The fourth-order valence-corrected chi connectivity index (χ4v) is 1.85. The quantitative estimate of drug-likeness (QED) is 0.280. The predicted molar refractivity (Wildman–Crippen MR) is 105 cm³/mol. The van der Waals surface area contributed by atoms with Crippen LogP contribution in [0.15, 0.2) is 35.3 Å². The molecule has 0 atom stereocenters. The largest absolute Gasteiger partial charge is 0.379 e. The number of nitrogens with zero attached hydrogens (tertiary/aromatic N) is 1. The number of ether oxygens (including phenoxy) is 1. The number of rotatable bonds is 9. The highest BCUT2D eigenvalue weighted by Crippen LogP contribution is 1.98. The van der Waals surface area contributed by atoms with Gasteiger partial charge in [-0.3, -0.25) is 4.99 Å². The molecule has 0 aliphatic carbocycles. The summed E-state index contributed by atoms with van der Waals surface area (Å²) in [6, 6.07) is 10.5. The van der Waals surface area contributed by atoms with Crippen LogP contribution in [0.5, 0.6) is 0 Å². The van der Waals surface area contributed by atoms with E-state index in [0.717, 1.165) is 32.1 Å². The fourth-order valence-electron chi connectivity index (χ4n) is 1.85. The summed E-state index contributed by atoms with van der Waals surface area (Å²) in [7, 11) is 0. The first kappa shape index (κ1) is 21.2. The lowest BCUT2D eigenvalue weighted by Gasteiger charge is -2.11. The Kier molecular flexibility index (Phi) is 13.3. The van der Waals surface area contributed by atoms with Gasteiger partial charge in [0.1, 0.15) is 0 Å². The SMILES string of the molecule is CCNC(=NCCOCC(C)C)NCCc1ccccc1.I. The molecule has 4 nitrogen and oxygen atoms in total. The number of hydrogen-bond donors (Lipinski definition) is 2. The van der Waals surface area contributed by atoms with Crippen molar-refractivity contribution in [3.05, 3.63) is 35.9 Å². The van der Waals surface area contributed by atoms with Crippen LogP contribution >= 0.6 is 24.0 Å². The molecule has 0 aliphatic heterocycles. The molecule has 0 spiro atoms. The summed E-state index contributed by atoms with van der Waals surface area (Å²) in [6.07, 6.45) is 0.995. The number of nitrogens with one attached hydrogen (secondary N) is 2. The Bertz CT molecular complexity index is 396. The molecule has 126 valence electrons. The van der Waals surface area contributed by atoms with E-state index in [9.17, 15) is 0 Å². The van der Waals surface area contributed by atoms with Gasteiger partial charge in [-0.2, -0.15) is 0 Å². The predicted octanol–water partition coefficient (Wildman–Crippen LogP) is 3.07. The van der Waals surface area contributed by atoms with E-state index < -0.39 is 0 Å². The lowest BCUT2D eigenvalue weighted by atomic mass is 10.1. The molecular weight excluding hydrogens is 389 g/mol. The van der Waals surface area contributed by atoms with Crippen molar-refractivity contribution in [2.75, 3.05) is 32.8 Å². The van der Waals surface area contributed by atoms with E-state index in [-0.39, 0.29) is 24.0 Å². The van der Waals surface area contributed by atoms with E-state index in [1.54, 1.807) is 0 Å². The number of benzene rings is 1. The minimum atomic E-state index is 0. The van der Waals surface area contributed by atoms with Gasteiger partial charge in [-0.05, 0) is 24.8 Å². The first-order chi connectivity index (χ1) is 10.2. The average molecular weight is 419 g/mol. The number of guanidine groups is 1. The van der Waals surface area contributed by atoms with Crippen LogP contribution in [-0.2, 0) is 11.2 Å². The van der Waals surface area contributed by atoms with Gasteiger partial charge in [0, 0.05) is 19.7 Å². The fraction of sp³-hybridized carbons (Fsp3) is 0.588. The van der Waals surface area contributed by atoms with Gasteiger partial charge in [0.05, 0.1) is 13.2 Å². The van der Waals surface area contributed by atoms with Crippen LogP contribution in [0.3, 0.4) is 0 Å². The van der Waals surface area contributed by atoms with Crippen LogP contribution in [-0.4, -0.2) is 38.8 Å². The van der Waals surface area contributed by atoms with E-state index in [4.69, 9.17) is 4.74 Å². The van der Waals surface area contributed by atoms with Crippen molar-refractivity contribution in [1.29, 1.82) is 0 Å². The molecule has 0 amide bonds. The van der Waals surface area contributed by atoms with Gasteiger partial charge in [-0.1, -0.05) is 44.2 Å². The monoisotopic (exact) mass is 419 g/mol. The van der Waals surface area contributed by atoms with Crippen molar-refractivity contribution in [1.82, 2.24) is 10.6 Å². The maximum Gasteiger partial charge on any atom is 0.191 e. The molecular formula is C17H30IN3O. The average Bonchev–Trinajstić information content (AvgIpc) is 2.47. The standard InChI is InChI=1S/C17H29N3O.HI/c1-4-18-17(20-12-13-21-14-15(2)3)19-11-10-16-8-6-5-7-9-16;/h5-9,15H,4,10-14H2,1-3H3,(H2,18,19,20);1H. The highest BCUT2D eigenvalue weighted by molar-refractivity contribution is 14.0. The topological polar surface area (TPSA) is 45.7 Å². The van der Waals surface area contributed by atoms with E-state index in [2.05, 4.69) is 60.7 Å². The van der Waals surface area contributed by atoms with Gasteiger partial charge < -0.3 is 15.4 Å². The Morgan fingerprint density at radius 2 is 1.91 bits per heavy atom. The Balaban J connectivity index is 0.00000441. The molecule has 0 saturated heterocycles. The van der Waals surface area contributed by atoms with Crippen molar-refractivity contribution in [2.45, 2.75) is 27.2 Å². The third-order valence-corrected chi connectivity index (χ3v) is 2.85. The van der Waals surface area contributed by atoms with E-state index in [0.29, 0.717) is 19.1 Å². The molecule has 5 heteroatoms. The Hall–Kier alpha value is -0.820. The van der Waals surface area contributed by atoms with Crippen LogP contribution in [0.4, 0.5) is 0 Å². The van der Waals surface area contributed by atoms with Crippen molar-refractivity contribution < 1.29 is 4.74 Å². The minimum absolute atomic E-state index is 0. The summed E-state index contributed by atoms with van der Waals surface area (Å²) >= 11 is 0. The van der Waals surface area contributed by atoms with Gasteiger partial charge in [-0.25, -0.2) is 0 Å². The summed E-state index contributed by atoms with van der Waals surface area (Å²) in [6.45, 7) is 10.3. The van der Waals surface area contributed by atoms with E-state index in [1.165, 1.54) is 5.56 Å². The Morgan fingerprint density at radius 1 is 1.18 bits per heavy atom. The molecule has 0 aromatic heterocycles. The molecule has 2 N–H and O–H groups in total. The maximum atomic E-state index is 5.53. The van der Waals surface area contributed by atoms with Gasteiger partial charge in [0.25, 0.3) is 0 Å². The molecule has 0 unspecified atom stereocenters. The van der Waals surface area contributed by atoms with Crippen LogP contribution in [0.25, 0.3) is 0 Å². The minimum Gasteiger partial charge on any atom is -0.379 e. The lowest BCUT2D eigenvalue weighted by Crippen LogP contribution is -2.38. The molecule has 0 saturated carbocycles. The van der Waals surface area contributed by atoms with Crippen molar-refractivity contribution in [2.24, 2.45) is 10.9 Å². The number of hydrogen-bond acceptors (Lipinski definition) is 2. The summed E-state index contributed by atoms with van der Waals surface area (Å²) in [5.41, 5.74) is 1.33. The molecule has 0 fully saturated rings. The van der Waals surface area contributed by atoms with Gasteiger partial charge in [0.2, 0.25) is 0 Å². The third kappa shape index (κ3) is 10.8. The number of aliphatic imine (C=N–C) groups is 1. The molecule has 1 rings (SSSR count). The third-order valence-electron chi connectivity index (χ3n) is 2.85. The second-order valence-electron chi connectivity index (χ2n) is 5.39. The second kappa shape index (κ2) is 13.8. The maximum absolute atomic E-state index is 5.53. The van der Waals surface area contributed by atoms with Crippen molar-refractivity contribution >= 4 is 29.9 Å². The smallest absolute Gasteiger partial charge is 0.191 e. The van der Waals surface area contributed by atoms with E-state index >= 15 is 0 Å². The Labute approximate surface area is 152 Å². The number of halogens is 1. The molecule has 0 heterocycles. The summed E-state index contributed by atoms with van der Waals surface area (Å²) in [5.74, 6) is 1.44. The van der Waals surface area contributed by atoms with Crippen molar-refractivity contribution in [3.8, 4) is 0 Å². The molecule has 0 bridgehead atoms. The molecule has 0 radical (unpaired) electrons. The molecule has 0 aliphatic rings. The van der Waals surface area contributed by atoms with Gasteiger partial charge in [-0.15, -0.1) is 24.0 Å². The van der Waals surface area contributed by atoms with Gasteiger partial charge in [0.15, 0.2) is 5.96 Å². The normalized spacial score (nSPS) is 11.2. The molecule has 22 heavy (non-hydrogen) atoms. The highest BCUT2D eigenvalue weighted by Gasteiger charge is 1.98. The highest BCUT2D eigenvalue weighted by atomic mass is 127. The van der Waals surface area contributed by atoms with Crippen molar-refractivity contribution in [3.63, 3.8) is 0 Å². The molecule has 1 aromatic carbocycles. The van der Waals surface area contributed by atoms with Crippen LogP contribution in [0.2, 0.25) is 0 Å².